The van der Waals surface area contributed by atoms with Gasteiger partial charge in [-0.3, -0.25) is 4.79 Å². The van der Waals surface area contributed by atoms with Gasteiger partial charge in [-0.05, 0) is 35.6 Å². The summed E-state index contributed by atoms with van der Waals surface area (Å²) in [7, 11) is 3.63. The summed E-state index contributed by atoms with van der Waals surface area (Å²) in [5.74, 6) is 0.409. The van der Waals surface area contributed by atoms with Crippen molar-refractivity contribution in [3.05, 3.63) is 65.5 Å². The molecule has 0 spiro atoms. The summed E-state index contributed by atoms with van der Waals surface area (Å²) in [4.78, 5) is 14.4. The van der Waals surface area contributed by atoms with Gasteiger partial charge in [0.05, 0.1) is 5.25 Å². The van der Waals surface area contributed by atoms with Crippen molar-refractivity contribution in [2.45, 2.75) is 50.1 Å². The first-order valence-electron chi connectivity index (χ1n) is 10.2. The zero-order chi connectivity index (χ0) is 22.8. The van der Waals surface area contributed by atoms with Crippen LogP contribution in [-0.2, 0) is 23.8 Å². The Morgan fingerprint density at radius 3 is 2.45 bits per heavy atom. The summed E-state index contributed by atoms with van der Waals surface area (Å²) in [5.41, 5.74) is 3.09. The van der Waals surface area contributed by atoms with Crippen molar-refractivity contribution in [1.29, 1.82) is 0 Å². The summed E-state index contributed by atoms with van der Waals surface area (Å²) in [5, 5.41) is 8.96. The monoisotopic (exact) mass is 440 g/mol. The molecular weight excluding hydrogens is 411 g/mol. The van der Waals surface area contributed by atoms with Gasteiger partial charge in [-0.1, -0.05) is 68.9 Å². The molecule has 3 rings (SSSR count). The lowest BCUT2D eigenvalue weighted by atomic mass is 9.87. The number of hydrogen-bond acceptors (Lipinski definition) is 4. The lowest BCUT2D eigenvalue weighted by Crippen LogP contribution is -2.33. The maximum atomic E-state index is 13.4. The molecule has 5 nitrogen and oxygen atoms in total. The Kier molecular flexibility index (Phi) is 6.84. The van der Waals surface area contributed by atoms with E-state index in [0.29, 0.717) is 11.7 Å². The molecule has 0 aliphatic rings. The summed E-state index contributed by atoms with van der Waals surface area (Å²) >= 11 is 1.37. The number of thioether (sulfide) groups is 1. The summed E-state index contributed by atoms with van der Waals surface area (Å²) < 4.78 is 15.3. The van der Waals surface area contributed by atoms with Gasteiger partial charge in [-0.15, -0.1) is 10.2 Å². The molecule has 0 aliphatic heterocycles. The van der Waals surface area contributed by atoms with Crippen LogP contribution in [0.15, 0.2) is 53.7 Å². The highest BCUT2D eigenvalue weighted by atomic mass is 32.2. The van der Waals surface area contributed by atoms with Gasteiger partial charge in [-0.25, -0.2) is 4.39 Å². The molecule has 0 aliphatic carbocycles. The van der Waals surface area contributed by atoms with Crippen molar-refractivity contribution in [1.82, 2.24) is 19.7 Å². The van der Waals surface area contributed by atoms with Crippen LogP contribution in [0.3, 0.4) is 0 Å². The number of halogens is 1. The Hall–Kier alpha value is -2.67. The molecule has 0 bridgehead atoms. The number of rotatable bonds is 6. The highest BCUT2D eigenvalue weighted by Crippen LogP contribution is 2.28. The molecule has 0 saturated heterocycles. The molecule has 0 saturated carbocycles. The molecule has 2 aromatic carbocycles. The number of nitrogens with zero attached hydrogens (tertiary/aromatic N) is 4. The number of carbonyl (C=O) groups excluding carboxylic acids is 1. The minimum Gasteiger partial charge on any atom is -0.340 e. The van der Waals surface area contributed by atoms with Crippen molar-refractivity contribution in [2.24, 2.45) is 7.05 Å². The van der Waals surface area contributed by atoms with Crippen molar-refractivity contribution in [3.8, 4) is 11.4 Å². The Balaban J connectivity index is 1.68. The van der Waals surface area contributed by atoms with Gasteiger partial charge < -0.3 is 9.47 Å². The quantitative estimate of drug-likeness (QED) is 0.503. The van der Waals surface area contributed by atoms with Crippen LogP contribution in [0, 0.1) is 5.82 Å². The van der Waals surface area contributed by atoms with E-state index in [0.717, 1.165) is 17.0 Å². The average molecular weight is 441 g/mol. The summed E-state index contributed by atoms with van der Waals surface area (Å²) in [6, 6.07) is 14.6. The SMILES string of the molecule is CC(Sc1nnc(-c2ccc(C(C)(C)C)cc2)n1C)C(=O)N(C)Cc1cccc(F)c1. The van der Waals surface area contributed by atoms with Crippen LogP contribution in [0.4, 0.5) is 4.39 Å². The number of hydrogen-bond donors (Lipinski definition) is 0. The van der Waals surface area contributed by atoms with Crippen LogP contribution in [0.1, 0.15) is 38.8 Å². The Bertz CT molecular complexity index is 1060. The molecular formula is C24H29FN4OS. The van der Waals surface area contributed by atoms with Gasteiger partial charge in [0, 0.05) is 26.2 Å². The first-order valence-corrected chi connectivity index (χ1v) is 11.1. The van der Waals surface area contributed by atoms with Crippen molar-refractivity contribution in [3.63, 3.8) is 0 Å². The molecule has 7 heteroatoms. The van der Waals surface area contributed by atoms with Crippen LogP contribution in [0.5, 0.6) is 0 Å². The molecule has 0 radical (unpaired) electrons. The summed E-state index contributed by atoms with van der Waals surface area (Å²) in [6.45, 7) is 8.75. The molecule has 1 unspecified atom stereocenters. The fourth-order valence-electron chi connectivity index (χ4n) is 3.29. The first-order chi connectivity index (χ1) is 14.6. The zero-order valence-corrected chi connectivity index (χ0v) is 19.7. The Labute approximate surface area is 187 Å². The predicted octanol–water partition coefficient (Wildman–Crippen LogP) is 5.06. The van der Waals surface area contributed by atoms with Gasteiger partial charge in [0.25, 0.3) is 0 Å². The van der Waals surface area contributed by atoms with Crippen LogP contribution >= 0.6 is 11.8 Å². The average Bonchev–Trinajstić information content (AvgIpc) is 3.07. The van der Waals surface area contributed by atoms with E-state index in [2.05, 4.69) is 55.2 Å². The normalized spacial score (nSPS) is 12.6. The van der Waals surface area contributed by atoms with Gasteiger partial charge in [-0.2, -0.15) is 0 Å². The molecule has 1 amide bonds. The molecule has 0 fully saturated rings. The minimum absolute atomic E-state index is 0.0478. The van der Waals surface area contributed by atoms with Crippen molar-refractivity contribution >= 4 is 17.7 Å². The van der Waals surface area contributed by atoms with E-state index in [1.165, 1.54) is 29.5 Å². The van der Waals surface area contributed by atoms with Crippen LogP contribution in [0.2, 0.25) is 0 Å². The van der Waals surface area contributed by atoms with Crippen molar-refractivity contribution in [2.75, 3.05) is 7.05 Å². The molecule has 3 aromatic rings. The number of amides is 1. The first kappa shape index (κ1) is 23.0. The third-order valence-corrected chi connectivity index (χ3v) is 6.28. The fraction of sp³-hybridized carbons (Fsp3) is 0.375. The Morgan fingerprint density at radius 1 is 1.16 bits per heavy atom. The number of benzene rings is 2. The fourth-order valence-corrected chi connectivity index (χ4v) is 4.22. The smallest absolute Gasteiger partial charge is 0.235 e. The van der Waals surface area contributed by atoms with Crippen LogP contribution in [0.25, 0.3) is 11.4 Å². The molecule has 1 heterocycles. The van der Waals surface area contributed by atoms with Gasteiger partial charge in [0.1, 0.15) is 5.82 Å². The highest BCUT2D eigenvalue weighted by molar-refractivity contribution is 8.00. The van der Waals surface area contributed by atoms with Gasteiger partial charge in [0.15, 0.2) is 11.0 Å². The minimum atomic E-state index is -0.349. The maximum absolute atomic E-state index is 13.4. The second kappa shape index (κ2) is 9.22. The topological polar surface area (TPSA) is 51.0 Å². The number of carbonyl (C=O) groups is 1. The van der Waals surface area contributed by atoms with Crippen LogP contribution < -0.4 is 0 Å². The zero-order valence-electron chi connectivity index (χ0n) is 18.9. The second-order valence-corrected chi connectivity index (χ2v) is 10.1. The predicted molar refractivity (Wildman–Crippen MR) is 123 cm³/mol. The third-order valence-electron chi connectivity index (χ3n) is 5.16. The van der Waals surface area contributed by atoms with E-state index >= 15 is 0 Å². The lowest BCUT2D eigenvalue weighted by molar-refractivity contribution is -0.129. The van der Waals surface area contributed by atoms with Crippen molar-refractivity contribution < 1.29 is 9.18 Å². The van der Waals surface area contributed by atoms with Gasteiger partial charge in [0.2, 0.25) is 5.91 Å². The van der Waals surface area contributed by atoms with E-state index < -0.39 is 0 Å². The highest BCUT2D eigenvalue weighted by Gasteiger charge is 2.22. The standard InChI is InChI=1S/C24H29FN4OS/c1-16(22(30)28(5)15-17-8-7-9-20(25)14-17)31-23-27-26-21(29(23)6)18-10-12-19(13-11-18)24(2,3)4/h7-14,16H,15H2,1-6H3. The number of aromatic nitrogens is 3. The largest absolute Gasteiger partial charge is 0.340 e. The second-order valence-electron chi connectivity index (χ2n) is 8.78. The molecule has 31 heavy (non-hydrogen) atoms. The van der Waals surface area contributed by atoms with E-state index in [4.69, 9.17) is 0 Å². The molecule has 0 N–H and O–H groups in total. The molecule has 1 atom stereocenters. The van der Waals surface area contributed by atoms with E-state index in [9.17, 15) is 9.18 Å². The third kappa shape index (κ3) is 5.53. The van der Waals surface area contributed by atoms with E-state index in [-0.39, 0.29) is 22.4 Å². The maximum Gasteiger partial charge on any atom is 0.235 e. The summed E-state index contributed by atoms with van der Waals surface area (Å²) in [6.07, 6.45) is 0. The van der Waals surface area contributed by atoms with Gasteiger partial charge >= 0.3 is 0 Å². The van der Waals surface area contributed by atoms with E-state index in [1.54, 1.807) is 18.0 Å². The lowest BCUT2D eigenvalue weighted by Gasteiger charge is -2.21. The molecule has 1 aromatic heterocycles. The molecule has 164 valence electrons. The van der Waals surface area contributed by atoms with Crippen LogP contribution in [-0.4, -0.2) is 37.9 Å². The van der Waals surface area contributed by atoms with E-state index in [1.807, 2.05) is 24.6 Å². The Morgan fingerprint density at radius 2 is 1.84 bits per heavy atom.